The third-order valence-corrected chi connectivity index (χ3v) is 4.27. The highest BCUT2D eigenvalue weighted by Gasteiger charge is 2.28. The molecule has 2 rings (SSSR count). The molecule has 0 aliphatic carbocycles. The number of amides is 2. The number of piperidine rings is 1. The van der Waals surface area contributed by atoms with Crippen molar-refractivity contribution in [2.24, 2.45) is 5.41 Å². The molecule has 132 valence electrons. The van der Waals surface area contributed by atoms with Crippen LogP contribution in [0, 0.1) is 11.2 Å². The van der Waals surface area contributed by atoms with Gasteiger partial charge >= 0.3 is 0 Å². The first kappa shape index (κ1) is 18.4. The molecule has 0 spiro atoms. The van der Waals surface area contributed by atoms with Gasteiger partial charge in [0.15, 0.2) is 6.54 Å². The first-order chi connectivity index (χ1) is 11.3. The topological polar surface area (TPSA) is 62.6 Å². The summed E-state index contributed by atoms with van der Waals surface area (Å²) in [5.74, 6) is -0.551. The number of quaternary nitrogens is 1. The van der Waals surface area contributed by atoms with Gasteiger partial charge < -0.3 is 15.5 Å². The molecular formula is C18H27FN3O2+. The second-order valence-electron chi connectivity index (χ2n) is 7.45. The van der Waals surface area contributed by atoms with Crippen molar-refractivity contribution in [1.82, 2.24) is 5.32 Å². The average Bonchev–Trinajstić information content (AvgIpc) is 2.50. The third-order valence-electron chi connectivity index (χ3n) is 4.27. The lowest BCUT2D eigenvalue weighted by molar-refractivity contribution is -0.897. The van der Waals surface area contributed by atoms with E-state index in [1.165, 1.54) is 6.07 Å². The summed E-state index contributed by atoms with van der Waals surface area (Å²) < 4.78 is 13.5. The third kappa shape index (κ3) is 5.30. The Labute approximate surface area is 142 Å². The van der Waals surface area contributed by atoms with Crippen molar-refractivity contribution in [1.29, 1.82) is 0 Å². The summed E-state index contributed by atoms with van der Waals surface area (Å²) in [6.07, 6.45) is 1.70. The van der Waals surface area contributed by atoms with Crippen LogP contribution in [-0.2, 0) is 9.59 Å². The van der Waals surface area contributed by atoms with Gasteiger partial charge in [-0.05, 0) is 12.1 Å². The summed E-state index contributed by atoms with van der Waals surface area (Å²) in [7, 11) is 0. The van der Waals surface area contributed by atoms with E-state index in [0.717, 1.165) is 30.8 Å². The van der Waals surface area contributed by atoms with Crippen LogP contribution in [0.2, 0.25) is 0 Å². The SMILES string of the molecule is CC(C)(C)C(=O)NC1CC[NH+](CC(=O)Nc2ccccc2F)CC1. The van der Waals surface area contributed by atoms with Crippen LogP contribution >= 0.6 is 0 Å². The fourth-order valence-electron chi connectivity index (χ4n) is 2.73. The maximum Gasteiger partial charge on any atom is 0.279 e. The zero-order chi connectivity index (χ0) is 17.7. The zero-order valence-corrected chi connectivity index (χ0v) is 14.6. The number of rotatable bonds is 4. The Kier molecular flexibility index (Phi) is 5.94. The number of hydrogen-bond acceptors (Lipinski definition) is 2. The van der Waals surface area contributed by atoms with E-state index in [-0.39, 0.29) is 29.0 Å². The zero-order valence-electron chi connectivity index (χ0n) is 14.6. The lowest BCUT2D eigenvalue weighted by atomic mass is 9.94. The van der Waals surface area contributed by atoms with Crippen molar-refractivity contribution in [2.45, 2.75) is 39.7 Å². The summed E-state index contributed by atoms with van der Waals surface area (Å²) in [5, 5.41) is 5.69. The van der Waals surface area contributed by atoms with Crippen LogP contribution in [0.5, 0.6) is 0 Å². The lowest BCUT2D eigenvalue weighted by Gasteiger charge is -2.31. The standard InChI is InChI=1S/C18H26FN3O2/c1-18(2,3)17(24)20-13-8-10-22(11-9-13)12-16(23)21-15-7-5-4-6-14(15)19/h4-7,13H,8-12H2,1-3H3,(H,20,24)(H,21,23)/p+1. The highest BCUT2D eigenvalue weighted by atomic mass is 19.1. The van der Waals surface area contributed by atoms with E-state index >= 15 is 0 Å². The van der Waals surface area contributed by atoms with E-state index in [1.807, 2.05) is 20.8 Å². The Morgan fingerprint density at radius 3 is 2.42 bits per heavy atom. The highest BCUT2D eigenvalue weighted by molar-refractivity contribution is 5.91. The summed E-state index contributed by atoms with van der Waals surface area (Å²) in [6.45, 7) is 7.65. The molecule has 6 heteroatoms. The molecule has 0 atom stereocenters. The van der Waals surface area contributed by atoms with E-state index in [1.54, 1.807) is 18.2 Å². The molecule has 1 aliphatic heterocycles. The number of benzene rings is 1. The molecule has 1 aromatic rings. The van der Waals surface area contributed by atoms with Gasteiger partial charge in [-0.1, -0.05) is 32.9 Å². The Morgan fingerprint density at radius 1 is 1.21 bits per heavy atom. The number of anilines is 1. The predicted octanol–water partition coefficient (Wildman–Crippen LogP) is 0.974. The number of halogens is 1. The molecule has 1 aliphatic rings. The van der Waals surface area contributed by atoms with Crippen molar-refractivity contribution < 1.29 is 18.9 Å². The predicted molar refractivity (Wildman–Crippen MR) is 91.2 cm³/mol. The quantitative estimate of drug-likeness (QED) is 0.767. The summed E-state index contributed by atoms with van der Waals surface area (Å²) >= 11 is 0. The fourth-order valence-corrected chi connectivity index (χ4v) is 2.73. The fraction of sp³-hybridized carbons (Fsp3) is 0.556. The molecule has 1 saturated heterocycles. The largest absolute Gasteiger partial charge is 0.352 e. The maximum absolute atomic E-state index is 13.5. The van der Waals surface area contributed by atoms with Crippen LogP contribution in [0.25, 0.3) is 0 Å². The van der Waals surface area contributed by atoms with Crippen molar-refractivity contribution >= 4 is 17.5 Å². The van der Waals surface area contributed by atoms with Crippen molar-refractivity contribution in [2.75, 3.05) is 25.0 Å². The van der Waals surface area contributed by atoms with E-state index in [4.69, 9.17) is 0 Å². The van der Waals surface area contributed by atoms with Crippen LogP contribution < -0.4 is 15.5 Å². The molecule has 0 radical (unpaired) electrons. The minimum atomic E-state index is -0.426. The molecule has 2 amide bonds. The molecule has 3 N–H and O–H groups in total. The smallest absolute Gasteiger partial charge is 0.279 e. The Hall–Kier alpha value is -1.95. The normalized spacial score (nSPS) is 21.2. The van der Waals surface area contributed by atoms with E-state index in [2.05, 4.69) is 10.6 Å². The Bertz CT molecular complexity index is 590. The summed E-state index contributed by atoms with van der Waals surface area (Å²) in [5.41, 5.74) is -0.168. The minimum absolute atomic E-state index is 0.0632. The number of hydrogen-bond donors (Lipinski definition) is 3. The van der Waals surface area contributed by atoms with Gasteiger partial charge in [0.25, 0.3) is 5.91 Å². The van der Waals surface area contributed by atoms with Crippen LogP contribution in [-0.4, -0.2) is 37.5 Å². The van der Waals surface area contributed by atoms with E-state index < -0.39 is 5.82 Å². The Morgan fingerprint density at radius 2 is 1.83 bits per heavy atom. The van der Waals surface area contributed by atoms with Crippen molar-refractivity contribution in [3.63, 3.8) is 0 Å². The van der Waals surface area contributed by atoms with Gasteiger partial charge in [0.05, 0.1) is 18.8 Å². The molecule has 0 unspecified atom stereocenters. The van der Waals surface area contributed by atoms with E-state index in [9.17, 15) is 14.0 Å². The number of carbonyl (C=O) groups excluding carboxylic acids is 2. The first-order valence-corrected chi connectivity index (χ1v) is 8.44. The molecular weight excluding hydrogens is 309 g/mol. The second-order valence-corrected chi connectivity index (χ2v) is 7.45. The van der Waals surface area contributed by atoms with Crippen LogP contribution in [0.15, 0.2) is 24.3 Å². The van der Waals surface area contributed by atoms with Gasteiger partial charge in [0, 0.05) is 24.3 Å². The van der Waals surface area contributed by atoms with Crippen LogP contribution in [0.1, 0.15) is 33.6 Å². The van der Waals surface area contributed by atoms with E-state index in [0.29, 0.717) is 6.54 Å². The molecule has 0 saturated carbocycles. The minimum Gasteiger partial charge on any atom is -0.352 e. The molecule has 1 fully saturated rings. The van der Waals surface area contributed by atoms with Crippen LogP contribution in [0.4, 0.5) is 10.1 Å². The van der Waals surface area contributed by atoms with Crippen LogP contribution in [0.3, 0.4) is 0 Å². The molecule has 0 aromatic heterocycles. The number of para-hydroxylation sites is 1. The lowest BCUT2D eigenvalue weighted by Crippen LogP contribution is -3.14. The van der Waals surface area contributed by atoms with Crippen molar-refractivity contribution in [3.05, 3.63) is 30.1 Å². The summed E-state index contributed by atoms with van der Waals surface area (Å²) in [6, 6.07) is 6.33. The average molecular weight is 336 g/mol. The van der Waals surface area contributed by atoms with Crippen molar-refractivity contribution in [3.8, 4) is 0 Å². The van der Waals surface area contributed by atoms with Gasteiger partial charge in [-0.3, -0.25) is 9.59 Å². The first-order valence-electron chi connectivity index (χ1n) is 8.44. The Balaban J connectivity index is 1.76. The monoisotopic (exact) mass is 336 g/mol. The number of nitrogens with one attached hydrogen (secondary N) is 3. The molecule has 24 heavy (non-hydrogen) atoms. The maximum atomic E-state index is 13.5. The van der Waals surface area contributed by atoms with Gasteiger partial charge in [-0.2, -0.15) is 0 Å². The second kappa shape index (κ2) is 7.75. The molecule has 1 aromatic carbocycles. The summed E-state index contributed by atoms with van der Waals surface area (Å²) in [4.78, 5) is 25.2. The van der Waals surface area contributed by atoms with Gasteiger partial charge in [0.2, 0.25) is 5.91 Å². The number of carbonyl (C=O) groups is 2. The molecule has 5 nitrogen and oxygen atoms in total. The number of likely N-dealkylation sites (tertiary alicyclic amines) is 1. The molecule has 1 heterocycles. The van der Waals surface area contributed by atoms with Gasteiger partial charge in [0.1, 0.15) is 5.82 Å². The highest BCUT2D eigenvalue weighted by Crippen LogP contribution is 2.14. The van der Waals surface area contributed by atoms with Gasteiger partial charge in [-0.25, -0.2) is 4.39 Å². The van der Waals surface area contributed by atoms with Gasteiger partial charge in [-0.15, -0.1) is 0 Å². The molecule has 0 bridgehead atoms.